The van der Waals surface area contributed by atoms with E-state index in [0.29, 0.717) is 13.1 Å². The van der Waals surface area contributed by atoms with Gasteiger partial charge in [-0.3, -0.25) is 4.79 Å². The third-order valence-electron chi connectivity index (χ3n) is 3.87. The Labute approximate surface area is 134 Å². The van der Waals surface area contributed by atoms with Crippen LogP contribution in [0, 0.1) is 0 Å². The molecule has 2 aromatic rings. The van der Waals surface area contributed by atoms with Gasteiger partial charge in [0.25, 0.3) is 0 Å². The number of carbonyl (C=O) groups excluding carboxylic acids is 1. The number of para-hydroxylation sites is 1. The van der Waals surface area contributed by atoms with Crippen molar-refractivity contribution in [2.45, 2.75) is 19.4 Å². The molecule has 3 rings (SSSR count). The van der Waals surface area contributed by atoms with Crippen molar-refractivity contribution in [2.75, 3.05) is 25.1 Å². The van der Waals surface area contributed by atoms with E-state index in [-0.39, 0.29) is 5.91 Å². The van der Waals surface area contributed by atoms with Crippen LogP contribution < -0.4 is 15.0 Å². The maximum atomic E-state index is 12.2. The number of hydrogen-bond donors (Lipinski definition) is 1. The summed E-state index contributed by atoms with van der Waals surface area (Å²) in [6.07, 6.45) is 2.11. The molecule has 1 N–H and O–H groups in total. The fourth-order valence-corrected chi connectivity index (χ4v) is 3.50. The summed E-state index contributed by atoms with van der Waals surface area (Å²) >= 11 is 1.66. The van der Waals surface area contributed by atoms with Crippen molar-refractivity contribution >= 4 is 22.9 Å². The van der Waals surface area contributed by atoms with E-state index in [0.717, 1.165) is 30.8 Å². The minimum Gasteiger partial charge on any atom is -0.495 e. The highest BCUT2D eigenvalue weighted by Crippen LogP contribution is 2.35. The normalized spacial score (nSPS) is 13.6. The molecule has 0 spiro atoms. The van der Waals surface area contributed by atoms with E-state index < -0.39 is 0 Å². The highest BCUT2D eigenvalue weighted by molar-refractivity contribution is 7.09. The van der Waals surface area contributed by atoms with Crippen LogP contribution in [0.3, 0.4) is 0 Å². The fraction of sp³-hybridized carbons (Fsp3) is 0.353. The molecule has 0 bridgehead atoms. The largest absolute Gasteiger partial charge is 0.495 e. The molecule has 22 heavy (non-hydrogen) atoms. The Kier molecular flexibility index (Phi) is 4.63. The monoisotopic (exact) mass is 316 g/mol. The number of nitrogens with one attached hydrogen (secondary N) is 1. The molecule has 0 saturated carbocycles. The number of hydrogen-bond acceptors (Lipinski definition) is 4. The average molecular weight is 316 g/mol. The number of amides is 1. The van der Waals surface area contributed by atoms with Gasteiger partial charge < -0.3 is 15.0 Å². The number of aryl methyl sites for hydroxylation is 1. The Morgan fingerprint density at radius 3 is 3.05 bits per heavy atom. The number of nitrogens with zero attached hydrogens (tertiary/aromatic N) is 1. The predicted octanol–water partition coefficient (Wildman–Crippen LogP) is 2.83. The second kappa shape index (κ2) is 6.83. The van der Waals surface area contributed by atoms with Crippen LogP contribution in [0.4, 0.5) is 5.69 Å². The lowest BCUT2D eigenvalue weighted by molar-refractivity contribution is -0.119. The highest BCUT2D eigenvalue weighted by Gasteiger charge is 2.22. The standard InChI is InChI=1S/C17H20N2O2S/c1-21-15-8-2-5-13-6-3-9-19(17(13)15)12-16(20)18-11-14-7-4-10-22-14/h2,4-5,7-8,10H,3,6,9,11-12H2,1H3,(H,18,20). The van der Waals surface area contributed by atoms with E-state index in [1.165, 1.54) is 10.4 Å². The van der Waals surface area contributed by atoms with Gasteiger partial charge in [0.2, 0.25) is 5.91 Å². The molecule has 116 valence electrons. The van der Waals surface area contributed by atoms with E-state index in [1.54, 1.807) is 18.4 Å². The van der Waals surface area contributed by atoms with Crippen molar-refractivity contribution in [3.63, 3.8) is 0 Å². The van der Waals surface area contributed by atoms with E-state index in [4.69, 9.17) is 4.74 Å². The van der Waals surface area contributed by atoms with Crippen molar-refractivity contribution in [1.82, 2.24) is 5.32 Å². The Bertz CT molecular complexity index is 626. The van der Waals surface area contributed by atoms with Crippen LogP contribution in [0.25, 0.3) is 0 Å². The van der Waals surface area contributed by atoms with Crippen LogP contribution in [0.15, 0.2) is 35.7 Å². The molecule has 1 aliphatic rings. The summed E-state index contributed by atoms with van der Waals surface area (Å²) in [5, 5.41) is 5.01. The maximum absolute atomic E-state index is 12.2. The number of fused-ring (bicyclic) bond motifs is 1. The van der Waals surface area contributed by atoms with Gasteiger partial charge in [-0.1, -0.05) is 18.2 Å². The highest BCUT2D eigenvalue weighted by atomic mass is 32.1. The summed E-state index contributed by atoms with van der Waals surface area (Å²) in [7, 11) is 1.68. The van der Waals surface area contributed by atoms with Crippen molar-refractivity contribution < 1.29 is 9.53 Å². The second-order valence-corrected chi connectivity index (χ2v) is 6.38. The zero-order valence-electron chi connectivity index (χ0n) is 12.7. The number of carbonyl (C=O) groups is 1. The molecule has 4 nitrogen and oxygen atoms in total. The Balaban J connectivity index is 1.67. The molecule has 2 heterocycles. The number of benzene rings is 1. The van der Waals surface area contributed by atoms with Crippen molar-refractivity contribution in [3.05, 3.63) is 46.2 Å². The number of ether oxygens (including phenoxy) is 1. The topological polar surface area (TPSA) is 41.6 Å². The molecule has 0 fully saturated rings. The maximum Gasteiger partial charge on any atom is 0.239 e. The van der Waals surface area contributed by atoms with E-state index in [2.05, 4.69) is 16.3 Å². The summed E-state index contributed by atoms with van der Waals surface area (Å²) < 4.78 is 5.47. The summed E-state index contributed by atoms with van der Waals surface area (Å²) in [5.41, 5.74) is 2.33. The third kappa shape index (κ3) is 3.25. The van der Waals surface area contributed by atoms with Gasteiger partial charge in [0.15, 0.2) is 0 Å². The number of rotatable bonds is 5. The molecule has 1 aromatic heterocycles. The van der Waals surface area contributed by atoms with E-state index in [9.17, 15) is 4.79 Å². The minimum absolute atomic E-state index is 0.0483. The number of anilines is 1. The Morgan fingerprint density at radius 2 is 2.27 bits per heavy atom. The number of thiophene rings is 1. The van der Waals surface area contributed by atoms with Crippen LogP contribution in [-0.4, -0.2) is 26.1 Å². The molecule has 0 radical (unpaired) electrons. The van der Waals surface area contributed by atoms with Crippen LogP contribution in [0.1, 0.15) is 16.9 Å². The molecule has 0 aliphatic carbocycles. The first-order valence-electron chi connectivity index (χ1n) is 7.48. The van der Waals surface area contributed by atoms with Gasteiger partial charge in [-0.25, -0.2) is 0 Å². The molecule has 1 amide bonds. The first-order chi connectivity index (χ1) is 10.8. The summed E-state index contributed by atoms with van der Waals surface area (Å²) in [6, 6.07) is 10.1. The van der Waals surface area contributed by atoms with Gasteiger partial charge in [0.05, 0.1) is 25.9 Å². The molecular formula is C17H20N2O2S. The van der Waals surface area contributed by atoms with Gasteiger partial charge in [0, 0.05) is 11.4 Å². The lowest BCUT2D eigenvalue weighted by Crippen LogP contribution is -2.39. The van der Waals surface area contributed by atoms with Crippen molar-refractivity contribution in [3.8, 4) is 5.75 Å². The lowest BCUT2D eigenvalue weighted by atomic mass is 10.0. The zero-order chi connectivity index (χ0) is 15.4. The van der Waals surface area contributed by atoms with Gasteiger partial charge in [-0.15, -0.1) is 11.3 Å². The van der Waals surface area contributed by atoms with Crippen LogP contribution in [0.5, 0.6) is 5.75 Å². The second-order valence-electron chi connectivity index (χ2n) is 5.35. The fourth-order valence-electron chi connectivity index (χ4n) is 2.85. The first-order valence-corrected chi connectivity index (χ1v) is 8.36. The Morgan fingerprint density at radius 1 is 1.36 bits per heavy atom. The molecule has 0 atom stereocenters. The van der Waals surface area contributed by atoms with Crippen LogP contribution in [0.2, 0.25) is 0 Å². The smallest absolute Gasteiger partial charge is 0.239 e. The molecular weight excluding hydrogens is 296 g/mol. The minimum atomic E-state index is 0.0483. The molecule has 1 aliphatic heterocycles. The first kappa shape index (κ1) is 14.9. The summed E-state index contributed by atoms with van der Waals surface area (Å²) in [4.78, 5) is 15.5. The predicted molar refractivity (Wildman–Crippen MR) is 89.7 cm³/mol. The van der Waals surface area contributed by atoms with Crippen molar-refractivity contribution in [2.24, 2.45) is 0 Å². The molecule has 0 saturated heterocycles. The van der Waals surface area contributed by atoms with E-state index >= 15 is 0 Å². The average Bonchev–Trinajstić information content (AvgIpc) is 3.06. The summed E-state index contributed by atoms with van der Waals surface area (Å²) in [6.45, 7) is 1.86. The van der Waals surface area contributed by atoms with Crippen LogP contribution in [-0.2, 0) is 17.8 Å². The van der Waals surface area contributed by atoms with Gasteiger partial charge >= 0.3 is 0 Å². The van der Waals surface area contributed by atoms with Gasteiger partial charge in [0.1, 0.15) is 5.75 Å². The van der Waals surface area contributed by atoms with Crippen molar-refractivity contribution in [1.29, 1.82) is 0 Å². The lowest BCUT2D eigenvalue weighted by Gasteiger charge is -2.32. The molecule has 5 heteroatoms. The molecule has 0 unspecified atom stereocenters. The summed E-state index contributed by atoms with van der Waals surface area (Å²) in [5.74, 6) is 0.899. The van der Waals surface area contributed by atoms with Gasteiger partial charge in [-0.2, -0.15) is 0 Å². The number of methoxy groups -OCH3 is 1. The van der Waals surface area contributed by atoms with Crippen LogP contribution >= 0.6 is 11.3 Å². The molecule has 1 aromatic carbocycles. The Hall–Kier alpha value is -2.01. The van der Waals surface area contributed by atoms with Gasteiger partial charge in [-0.05, 0) is 35.9 Å². The third-order valence-corrected chi connectivity index (χ3v) is 4.74. The SMILES string of the molecule is COc1cccc2c1N(CC(=O)NCc1cccs1)CCC2. The quantitative estimate of drug-likeness (QED) is 0.922. The zero-order valence-corrected chi connectivity index (χ0v) is 13.5. The van der Waals surface area contributed by atoms with E-state index in [1.807, 2.05) is 29.6 Å².